The fourth-order valence-electron chi connectivity index (χ4n) is 1.59. The zero-order valence-corrected chi connectivity index (χ0v) is 8.19. The molecule has 1 fully saturated rings. The van der Waals surface area contributed by atoms with Crippen LogP contribution in [0.4, 0.5) is 4.79 Å². The molecule has 0 spiro atoms. The summed E-state index contributed by atoms with van der Waals surface area (Å²) in [7, 11) is 1.40. The number of hydrogen-bond acceptors (Lipinski definition) is 3. The van der Waals surface area contributed by atoms with Crippen molar-refractivity contribution in [1.29, 1.82) is 0 Å². The van der Waals surface area contributed by atoms with Crippen molar-refractivity contribution in [3.8, 4) is 0 Å². The maximum Gasteiger partial charge on any atom is 0.409 e. The third-order valence-electron chi connectivity index (χ3n) is 2.73. The number of carbonyl (C=O) groups is 1. The van der Waals surface area contributed by atoms with E-state index in [-0.39, 0.29) is 12.7 Å². The van der Waals surface area contributed by atoms with E-state index in [0.29, 0.717) is 11.8 Å². The van der Waals surface area contributed by atoms with Gasteiger partial charge in [0.05, 0.1) is 7.11 Å². The SMILES string of the molecule is COC(=O)N1CC(C(C)CCO)C1. The molecule has 1 saturated heterocycles. The predicted molar refractivity (Wildman–Crippen MR) is 48.3 cm³/mol. The van der Waals surface area contributed by atoms with E-state index in [1.54, 1.807) is 4.90 Å². The number of aliphatic hydroxyl groups is 1. The smallest absolute Gasteiger partial charge is 0.409 e. The first-order valence-electron chi connectivity index (χ1n) is 4.62. The maximum atomic E-state index is 11.0. The first-order chi connectivity index (χ1) is 6.19. The number of nitrogens with zero attached hydrogens (tertiary/aromatic N) is 1. The Bertz CT molecular complexity index is 178. The fraction of sp³-hybridized carbons (Fsp3) is 0.889. The van der Waals surface area contributed by atoms with Crippen LogP contribution >= 0.6 is 0 Å². The van der Waals surface area contributed by atoms with Crippen LogP contribution < -0.4 is 0 Å². The molecule has 0 aromatic rings. The predicted octanol–water partition coefficient (Wildman–Crippen LogP) is 0.703. The number of aliphatic hydroxyl groups excluding tert-OH is 1. The van der Waals surface area contributed by atoms with E-state index >= 15 is 0 Å². The van der Waals surface area contributed by atoms with Crippen LogP contribution in [0.25, 0.3) is 0 Å². The van der Waals surface area contributed by atoms with Gasteiger partial charge in [0.2, 0.25) is 0 Å². The molecule has 13 heavy (non-hydrogen) atoms. The molecule has 1 unspecified atom stereocenters. The molecule has 4 heteroatoms. The van der Waals surface area contributed by atoms with E-state index in [1.165, 1.54) is 7.11 Å². The van der Waals surface area contributed by atoms with Crippen molar-refractivity contribution in [2.75, 3.05) is 26.8 Å². The van der Waals surface area contributed by atoms with Gasteiger partial charge in [-0.3, -0.25) is 0 Å². The first kappa shape index (κ1) is 10.3. The molecule has 1 aliphatic rings. The van der Waals surface area contributed by atoms with Crippen molar-refractivity contribution in [3.05, 3.63) is 0 Å². The fourth-order valence-corrected chi connectivity index (χ4v) is 1.59. The molecule has 4 nitrogen and oxygen atoms in total. The zero-order chi connectivity index (χ0) is 9.84. The molecule has 0 aromatic heterocycles. The van der Waals surface area contributed by atoms with Gasteiger partial charge in [0.15, 0.2) is 0 Å². The molecule has 0 saturated carbocycles. The lowest BCUT2D eigenvalue weighted by atomic mass is 9.85. The number of ether oxygens (including phenoxy) is 1. The van der Waals surface area contributed by atoms with Crippen LogP contribution in [0.2, 0.25) is 0 Å². The average Bonchev–Trinajstić information content (AvgIpc) is 2.01. The molecule has 1 heterocycles. The summed E-state index contributed by atoms with van der Waals surface area (Å²) in [5.74, 6) is 1.03. The van der Waals surface area contributed by atoms with Gasteiger partial charge in [-0.2, -0.15) is 0 Å². The van der Waals surface area contributed by atoms with Crippen LogP contribution in [-0.4, -0.2) is 42.9 Å². The molecule has 1 atom stereocenters. The average molecular weight is 187 g/mol. The van der Waals surface area contributed by atoms with Crippen molar-refractivity contribution < 1.29 is 14.6 Å². The van der Waals surface area contributed by atoms with Crippen LogP contribution in [0, 0.1) is 11.8 Å². The molecule has 0 aromatic carbocycles. The first-order valence-corrected chi connectivity index (χ1v) is 4.62. The molecule has 76 valence electrons. The monoisotopic (exact) mass is 187 g/mol. The minimum absolute atomic E-state index is 0.232. The van der Waals surface area contributed by atoms with Crippen LogP contribution in [-0.2, 0) is 4.74 Å². The Morgan fingerprint density at radius 3 is 2.77 bits per heavy atom. The van der Waals surface area contributed by atoms with Crippen molar-refractivity contribution in [2.45, 2.75) is 13.3 Å². The third-order valence-corrected chi connectivity index (χ3v) is 2.73. The second-order valence-electron chi connectivity index (χ2n) is 3.62. The van der Waals surface area contributed by atoms with E-state index in [9.17, 15) is 4.79 Å². The summed E-state index contributed by atoms with van der Waals surface area (Å²) in [5.41, 5.74) is 0. The Hall–Kier alpha value is -0.770. The van der Waals surface area contributed by atoms with Gasteiger partial charge in [-0.15, -0.1) is 0 Å². The molecule has 0 aliphatic carbocycles. The van der Waals surface area contributed by atoms with Gasteiger partial charge in [0.25, 0.3) is 0 Å². The summed E-state index contributed by atoms with van der Waals surface area (Å²) in [6, 6.07) is 0. The number of amides is 1. The summed E-state index contributed by atoms with van der Waals surface area (Å²) in [6.45, 7) is 3.88. The quantitative estimate of drug-likeness (QED) is 0.707. The topological polar surface area (TPSA) is 49.8 Å². The van der Waals surface area contributed by atoms with Crippen LogP contribution in [0.3, 0.4) is 0 Å². The normalized spacial score (nSPS) is 19.5. The summed E-state index contributed by atoms with van der Waals surface area (Å²) in [4.78, 5) is 12.7. The second-order valence-corrected chi connectivity index (χ2v) is 3.62. The van der Waals surface area contributed by atoms with Crippen molar-refractivity contribution >= 4 is 6.09 Å². The van der Waals surface area contributed by atoms with Crippen LogP contribution in [0.1, 0.15) is 13.3 Å². The van der Waals surface area contributed by atoms with Gasteiger partial charge in [0, 0.05) is 19.7 Å². The highest BCUT2D eigenvalue weighted by molar-refractivity contribution is 5.68. The number of methoxy groups -OCH3 is 1. The molecular formula is C9H17NO3. The van der Waals surface area contributed by atoms with Crippen LogP contribution in [0.15, 0.2) is 0 Å². The third kappa shape index (κ3) is 2.34. The Labute approximate surface area is 78.5 Å². The summed E-state index contributed by atoms with van der Waals surface area (Å²) < 4.78 is 4.58. The summed E-state index contributed by atoms with van der Waals surface area (Å²) >= 11 is 0. The minimum atomic E-state index is -0.243. The highest BCUT2D eigenvalue weighted by Gasteiger charge is 2.34. The van der Waals surface area contributed by atoms with Gasteiger partial charge in [0.1, 0.15) is 0 Å². The molecule has 1 N–H and O–H groups in total. The van der Waals surface area contributed by atoms with Gasteiger partial charge < -0.3 is 14.7 Å². The summed E-state index contributed by atoms with van der Waals surface area (Å²) in [6.07, 6.45) is 0.576. The van der Waals surface area contributed by atoms with E-state index in [4.69, 9.17) is 5.11 Å². The van der Waals surface area contributed by atoms with E-state index in [0.717, 1.165) is 19.5 Å². The standard InChI is InChI=1S/C9H17NO3/c1-7(3-4-11)8-5-10(6-8)9(12)13-2/h7-8,11H,3-6H2,1-2H3. The minimum Gasteiger partial charge on any atom is -0.453 e. The number of carbonyl (C=O) groups excluding carboxylic acids is 1. The second kappa shape index (κ2) is 4.46. The van der Waals surface area contributed by atoms with Crippen molar-refractivity contribution in [2.24, 2.45) is 11.8 Å². The molecule has 1 rings (SSSR count). The van der Waals surface area contributed by atoms with E-state index in [1.807, 2.05) is 0 Å². The maximum absolute atomic E-state index is 11.0. The van der Waals surface area contributed by atoms with Gasteiger partial charge in [-0.05, 0) is 18.3 Å². The van der Waals surface area contributed by atoms with Gasteiger partial charge >= 0.3 is 6.09 Å². The number of rotatable bonds is 3. The van der Waals surface area contributed by atoms with Crippen molar-refractivity contribution in [3.63, 3.8) is 0 Å². The van der Waals surface area contributed by atoms with Crippen molar-refractivity contribution in [1.82, 2.24) is 4.90 Å². The molecule has 1 aliphatic heterocycles. The molecule has 1 amide bonds. The Morgan fingerprint density at radius 2 is 2.31 bits per heavy atom. The summed E-state index contributed by atoms with van der Waals surface area (Å²) in [5, 5.41) is 8.72. The van der Waals surface area contributed by atoms with Gasteiger partial charge in [-0.1, -0.05) is 6.92 Å². The number of likely N-dealkylation sites (tertiary alicyclic amines) is 1. The largest absolute Gasteiger partial charge is 0.453 e. The lowest BCUT2D eigenvalue weighted by Gasteiger charge is -2.41. The lowest BCUT2D eigenvalue weighted by Crippen LogP contribution is -2.52. The van der Waals surface area contributed by atoms with Crippen LogP contribution in [0.5, 0.6) is 0 Å². The highest BCUT2D eigenvalue weighted by atomic mass is 16.5. The van der Waals surface area contributed by atoms with Gasteiger partial charge in [-0.25, -0.2) is 4.79 Å². The lowest BCUT2D eigenvalue weighted by molar-refractivity contribution is 0.0423. The van der Waals surface area contributed by atoms with E-state index < -0.39 is 0 Å². The Balaban J connectivity index is 2.21. The Morgan fingerprint density at radius 1 is 1.69 bits per heavy atom. The Kier molecular flexibility index (Phi) is 3.54. The molecule has 0 bridgehead atoms. The highest BCUT2D eigenvalue weighted by Crippen LogP contribution is 2.25. The zero-order valence-electron chi connectivity index (χ0n) is 8.19. The molecular weight excluding hydrogens is 170 g/mol. The molecule has 0 radical (unpaired) electrons. The van der Waals surface area contributed by atoms with E-state index in [2.05, 4.69) is 11.7 Å². The number of hydrogen-bond donors (Lipinski definition) is 1.